The third-order valence-electron chi connectivity index (χ3n) is 7.53. The van der Waals surface area contributed by atoms with Crippen LogP contribution in [0.3, 0.4) is 0 Å². The van der Waals surface area contributed by atoms with Crippen molar-refractivity contribution in [2.24, 2.45) is 0 Å². The molecule has 1 saturated heterocycles. The molecular formula is C29H30N4O2. The number of hydrogen-bond acceptors (Lipinski definition) is 5. The second-order valence-electron chi connectivity index (χ2n) is 10.2. The van der Waals surface area contributed by atoms with Gasteiger partial charge in [0.05, 0.1) is 23.4 Å². The Hall–Kier alpha value is -3.67. The SMILES string of the molecule is Cc1cc(C)c2c(c1)OC1(CCN(c3cc(C)c4c(C)nn(-c5ccccc5)c4n3)CC1)CC2=O. The molecule has 1 fully saturated rings. The monoisotopic (exact) mass is 466 g/mol. The van der Waals surface area contributed by atoms with Crippen molar-refractivity contribution >= 4 is 22.6 Å². The van der Waals surface area contributed by atoms with E-state index in [1.165, 1.54) is 5.56 Å². The lowest BCUT2D eigenvalue weighted by atomic mass is 9.81. The van der Waals surface area contributed by atoms with Crippen molar-refractivity contribution in [1.82, 2.24) is 14.8 Å². The Kier molecular flexibility index (Phi) is 4.95. The van der Waals surface area contributed by atoms with Gasteiger partial charge in [-0.2, -0.15) is 5.10 Å². The molecule has 0 N–H and O–H groups in total. The van der Waals surface area contributed by atoms with Crippen LogP contribution in [-0.2, 0) is 0 Å². The molecule has 6 nitrogen and oxygen atoms in total. The molecule has 0 aliphatic carbocycles. The lowest BCUT2D eigenvalue weighted by Gasteiger charge is -2.44. The van der Waals surface area contributed by atoms with Crippen molar-refractivity contribution in [2.75, 3.05) is 18.0 Å². The molecule has 4 aromatic rings. The zero-order chi connectivity index (χ0) is 24.3. The van der Waals surface area contributed by atoms with E-state index in [-0.39, 0.29) is 5.78 Å². The molecular weight excluding hydrogens is 436 g/mol. The summed E-state index contributed by atoms with van der Waals surface area (Å²) in [7, 11) is 0. The van der Waals surface area contributed by atoms with Crippen LogP contribution < -0.4 is 9.64 Å². The van der Waals surface area contributed by atoms with Gasteiger partial charge in [0.25, 0.3) is 0 Å². The van der Waals surface area contributed by atoms with Crippen molar-refractivity contribution in [1.29, 1.82) is 0 Å². The fraction of sp³-hybridized carbons (Fsp3) is 0.345. The normalized spacial score (nSPS) is 17.0. The Bertz CT molecular complexity index is 1460. The average molecular weight is 467 g/mol. The fourth-order valence-corrected chi connectivity index (χ4v) is 5.84. The fourth-order valence-electron chi connectivity index (χ4n) is 5.84. The number of ether oxygens (including phenoxy) is 1. The Balaban J connectivity index is 1.30. The van der Waals surface area contributed by atoms with Crippen LogP contribution in [0.25, 0.3) is 16.7 Å². The first-order valence-electron chi connectivity index (χ1n) is 12.3. The van der Waals surface area contributed by atoms with Gasteiger partial charge in [-0.15, -0.1) is 0 Å². The van der Waals surface area contributed by atoms with Crippen LogP contribution in [0.15, 0.2) is 48.5 Å². The summed E-state index contributed by atoms with van der Waals surface area (Å²) in [5.74, 6) is 1.91. The number of ketones is 1. The van der Waals surface area contributed by atoms with Crippen molar-refractivity contribution in [2.45, 2.75) is 52.6 Å². The van der Waals surface area contributed by atoms with Crippen LogP contribution in [0.2, 0.25) is 0 Å². The topological polar surface area (TPSA) is 60.2 Å². The van der Waals surface area contributed by atoms with Gasteiger partial charge in [0.2, 0.25) is 0 Å². The quantitative estimate of drug-likeness (QED) is 0.382. The molecule has 0 amide bonds. The minimum atomic E-state index is -0.428. The lowest BCUT2D eigenvalue weighted by Crippen LogP contribution is -2.51. The van der Waals surface area contributed by atoms with Crippen LogP contribution in [0, 0.1) is 27.7 Å². The number of aryl methyl sites for hydroxylation is 4. The smallest absolute Gasteiger partial charge is 0.170 e. The van der Waals surface area contributed by atoms with Gasteiger partial charge in [0.15, 0.2) is 11.4 Å². The number of nitrogens with zero attached hydrogens (tertiary/aromatic N) is 4. The number of aromatic nitrogens is 3. The molecule has 2 aliphatic heterocycles. The second-order valence-corrected chi connectivity index (χ2v) is 10.2. The maximum atomic E-state index is 13.1. The molecule has 4 heterocycles. The highest BCUT2D eigenvalue weighted by Crippen LogP contribution is 2.41. The average Bonchev–Trinajstić information content (AvgIpc) is 3.16. The number of fused-ring (bicyclic) bond motifs is 2. The summed E-state index contributed by atoms with van der Waals surface area (Å²) >= 11 is 0. The molecule has 0 atom stereocenters. The van der Waals surface area contributed by atoms with E-state index >= 15 is 0 Å². The van der Waals surface area contributed by atoms with Gasteiger partial charge in [0, 0.05) is 31.3 Å². The Morgan fingerprint density at radius 1 is 0.943 bits per heavy atom. The molecule has 35 heavy (non-hydrogen) atoms. The van der Waals surface area contributed by atoms with Crippen LogP contribution in [0.1, 0.15) is 52.0 Å². The predicted molar refractivity (Wildman–Crippen MR) is 138 cm³/mol. The predicted octanol–water partition coefficient (Wildman–Crippen LogP) is 5.66. The van der Waals surface area contributed by atoms with Crippen LogP contribution in [-0.4, -0.2) is 39.2 Å². The minimum absolute atomic E-state index is 0.204. The van der Waals surface area contributed by atoms with Gasteiger partial charge in [0.1, 0.15) is 17.2 Å². The number of pyridine rings is 1. The minimum Gasteiger partial charge on any atom is -0.486 e. The number of benzene rings is 2. The van der Waals surface area contributed by atoms with E-state index in [1.54, 1.807) is 0 Å². The van der Waals surface area contributed by atoms with E-state index < -0.39 is 5.60 Å². The molecule has 6 rings (SSSR count). The number of hydrogen-bond donors (Lipinski definition) is 0. The van der Waals surface area contributed by atoms with E-state index in [0.717, 1.165) is 76.6 Å². The molecule has 0 radical (unpaired) electrons. The second kappa shape index (κ2) is 7.94. The molecule has 2 aliphatic rings. The van der Waals surface area contributed by atoms with E-state index in [2.05, 4.69) is 43.0 Å². The molecule has 0 bridgehead atoms. The standard InChI is InChI=1S/C29H30N4O2/c1-18-14-19(2)27-23(34)17-29(35-24(27)15-18)10-12-32(13-11-29)25-16-20(3)26-21(4)31-33(28(26)30-25)22-8-6-5-7-9-22/h5-9,14-16H,10-13,17H2,1-4H3. The molecule has 178 valence electrons. The van der Waals surface area contributed by atoms with E-state index in [1.807, 2.05) is 42.8 Å². The summed E-state index contributed by atoms with van der Waals surface area (Å²) in [5.41, 5.74) is 6.51. The van der Waals surface area contributed by atoms with Crippen LogP contribution >= 0.6 is 0 Å². The van der Waals surface area contributed by atoms with Gasteiger partial charge < -0.3 is 9.64 Å². The third-order valence-corrected chi connectivity index (χ3v) is 7.53. The zero-order valence-electron chi connectivity index (χ0n) is 20.8. The van der Waals surface area contributed by atoms with Crippen LogP contribution in [0.4, 0.5) is 5.82 Å². The maximum Gasteiger partial charge on any atom is 0.170 e. The van der Waals surface area contributed by atoms with Gasteiger partial charge in [-0.25, -0.2) is 9.67 Å². The number of piperidine rings is 1. The molecule has 1 spiro atoms. The van der Waals surface area contributed by atoms with Gasteiger partial charge >= 0.3 is 0 Å². The summed E-state index contributed by atoms with van der Waals surface area (Å²) in [6.45, 7) is 9.82. The summed E-state index contributed by atoms with van der Waals surface area (Å²) < 4.78 is 8.51. The van der Waals surface area contributed by atoms with Crippen molar-refractivity contribution in [3.8, 4) is 11.4 Å². The molecule has 2 aromatic carbocycles. The highest BCUT2D eigenvalue weighted by molar-refractivity contribution is 6.01. The number of carbonyl (C=O) groups excluding carboxylic acids is 1. The maximum absolute atomic E-state index is 13.1. The highest BCUT2D eigenvalue weighted by Gasteiger charge is 2.43. The van der Waals surface area contributed by atoms with Crippen LogP contribution in [0.5, 0.6) is 5.75 Å². The highest BCUT2D eigenvalue weighted by atomic mass is 16.5. The molecule has 0 unspecified atom stereocenters. The summed E-state index contributed by atoms with van der Waals surface area (Å²) in [4.78, 5) is 20.5. The van der Waals surface area contributed by atoms with Gasteiger partial charge in [-0.05, 0) is 68.7 Å². The largest absolute Gasteiger partial charge is 0.486 e. The molecule has 0 saturated carbocycles. The van der Waals surface area contributed by atoms with Gasteiger partial charge in [-0.1, -0.05) is 24.3 Å². The van der Waals surface area contributed by atoms with E-state index in [4.69, 9.17) is 14.8 Å². The number of carbonyl (C=O) groups is 1. The van der Waals surface area contributed by atoms with Gasteiger partial charge in [-0.3, -0.25) is 4.79 Å². The Morgan fingerprint density at radius 2 is 1.69 bits per heavy atom. The first-order valence-corrected chi connectivity index (χ1v) is 12.3. The summed E-state index contributed by atoms with van der Waals surface area (Å²) in [6.07, 6.45) is 2.03. The zero-order valence-corrected chi connectivity index (χ0v) is 20.8. The van der Waals surface area contributed by atoms with E-state index in [9.17, 15) is 4.79 Å². The number of rotatable bonds is 2. The number of Topliss-reactive ketones (excluding diaryl/α,β-unsaturated/α-hetero) is 1. The van der Waals surface area contributed by atoms with Crippen molar-refractivity contribution < 1.29 is 9.53 Å². The van der Waals surface area contributed by atoms with E-state index in [0.29, 0.717) is 6.42 Å². The Labute approximate surface area is 205 Å². The van der Waals surface area contributed by atoms with Crippen molar-refractivity contribution in [3.63, 3.8) is 0 Å². The third kappa shape index (κ3) is 3.59. The Morgan fingerprint density at radius 3 is 2.43 bits per heavy atom. The first-order chi connectivity index (χ1) is 16.8. The first kappa shape index (κ1) is 21.8. The summed E-state index contributed by atoms with van der Waals surface area (Å²) in [6, 6.07) is 16.4. The summed E-state index contributed by atoms with van der Waals surface area (Å²) in [5, 5.41) is 5.90. The van der Waals surface area contributed by atoms with Crippen molar-refractivity contribution in [3.05, 3.63) is 76.5 Å². The number of para-hydroxylation sites is 1. The molecule has 6 heteroatoms. The lowest BCUT2D eigenvalue weighted by molar-refractivity contribution is 0.0229. The molecule has 2 aromatic heterocycles. The number of anilines is 1.